The Labute approximate surface area is 234 Å². The van der Waals surface area contributed by atoms with E-state index in [2.05, 4.69) is 120 Å². The minimum Gasteiger partial charge on any atom is -0.264 e. The van der Waals surface area contributed by atoms with Crippen molar-refractivity contribution in [2.24, 2.45) is 0 Å². The van der Waals surface area contributed by atoms with Gasteiger partial charge in [0.2, 0.25) is 0 Å². The van der Waals surface area contributed by atoms with Gasteiger partial charge in [0.1, 0.15) is 0 Å². The lowest BCUT2D eigenvalue weighted by molar-refractivity contribution is 0.982. The van der Waals surface area contributed by atoms with Crippen LogP contribution in [0.25, 0.3) is 62.2 Å². The summed E-state index contributed by atoms with van der Waals surface area (Å²) >= 11 is 0. The zero-order valence-electron chi connectivity index (χ0n) is 22.0. The maximum absolute atomic E-state index is 5.18. The minimum atomic E-state index is 0.761. The molecule has 0 N–H and O–H groups in total. The second kappa shape index (κ2) is 10.5. The summed E-state index contributed by atoms with van der Waals surface area (Å²) in [7, 11) is 0. The summed E-state index contributed by atoms with van der Waals surface area (Å²) in [4.78, 5) is 14.7. The third-order valence-electron chi connectivity index (χ3n) is 7.46. The molecule has 3 nitrogen and oxygen atoms in total. The highest BCUT2D eigenvalue weighted by molar-refractivity contribution is 5.79. The highest BCUT2D eigenvalue weighted by atomic mass is 14.9. The Morgan fingerprint density at radius 3 is 1.90 bits per heavy atom. The number of nitrogens with zero attached hydrogens (tertiary/aromatic N) is 3. The summed E-state index contributed by atoms with van der Waals surface area (Å²) < 4.78 is 0. The lowest BCUT2D eigenvalue weighted by Crippen LogP contribution is -2.02. The highest BCUT2D eigenvalue weighted by Gasteiger charge is 2.17. The van der Waals surface area contributed by atoms with Crippen LogP contribution in [-0.2, 0) is 6.42 Å². The molecule has 40 heavy (non-hydrogen) atoms. The number of benzene rings is 4. The highest BCUT2D eigenvalue weighted by Crippen LogP contribution is 2.34. The average Bonchev–Trinajstić information content (AvgIpc) is 3.05. The zero-order chi connectivity index (χ0) is 26.7. The van der Waals surface area contributed by atoms with E-state index in [1.807, 2.05) is 18.3 Å². The third-order valence-corrected chi connectivity index (χ3v) is 7.46. The van der Waals surface area contributed by atoms with E-state index < -0.39 is 0 Å². The molecule has 0 fully saturated rings. The third kappa shape index (κ3) is 4.74. The van der Waals surface area contributed by atoms with Gasteiger partial charge < -0.3 is 0 Å². The molecule has 0 spiro atoms. The Morgan fingerprint density at radius 2 is 1.18 bits per heavy atom. The molecule has 0 unspecified atom stereocenters. The molecule has 7 rings (SSSR count). The molecule has 0 radical (unpaired) electrons. The average molecular weight is 514 g/mol. The van der Waals surface area contributed by atoms with E-state index in [-0.39, 0.29) is 0 Å². The second-order valence-electron chi connectivity index (χ2n) is 10.0. The van der Waals surface area contributed by atoms with Crippen molar-refractivity contribution in [1.29, 1.82) is 0 Å². The van der Waals surface area contributed by atoms with Gasteiger partial charge in [0.15, 0.2) is 5.82 Å². The van der Waals surface area contributed by atoms with E-state index in [4.69, 9.17) is 9.97 Å². The summed E-state index contributed by atoms with van der Waals surface area (Å²) in [5.41, 5.74) is 12.2. The molecule has 4 aromatic carbocycles. The van der Waals surface area contributed by atoms with Crippen molar-refractivity contribution in [2.45, 2.75) is 12.8 Å². The molecule has 2 heterocycles. The van der Waals surface area contributed by atoms with Crippen LogP contribution in [0.15, 0.2) is 134 Å². The summed E-state index contributed by atoms with van der Waals surface area (Å²) in [5.74, 6) is 0.761. The van der Waals surface area contributed by atoms with Crippen LogP contribution in [0.1, 0.15) is 17.5 Å². The van der Waals surface area contributed by atoms with Crippen LogP contribution in [0.4, 0.5) is 0 Å². The van der Waals surface area contributed by atoms with E-state index in [0.29, 0.717) is 0 Å². The molecule has 3 heteroatoms. The first kappa shape index (κ1) is 23.9. The molecule has 190 valence electrons. The summed E-state index contributed by atoms with van der Waals surface area (Å²) in [6.45, 7) is 0. The number of rotatable bonds is 5. The van der Waals surface area contributed by atoms with Crippen LogP contribution in [0, 0.1) is 0 Å². The molecule has 0 saturated heterocycles. The predicted octanol–water partition coefficient (Wildman–Crippen LogP) is 9.17. The Kier molecular flexibility index (Phi) is 6.31. The minimum absolute atomic E-state index is 0.761. The number of aromatic nitrogens is 3. The summed E-state index contributed by atoms with van der Waals surface area (Å²) in [5, 5.41) is 0. The molecule has 0 saturated carbocycles. The largest absolute Gasteiger partial charge is 0.264 e. The zero-order valence-corrected chi connectivity index (χ0v) is 22.0. The number of allylic oxidation sites excluding steroid dienone is 1. The monoisotopic (exact) mass is 513 g/mol. The molecule has 0 bridgehead atoms. The first-order valence-corrected chi connectivity index (χ1v) is 13.7. The molecular formula is C37H27N3. The van der Waals surface area contributed by atoms with Crippen LogP contribution >= 0.6 is 0 Å². The van der Waals surface area contributed by atoms with Crippen LogP contribution in [0.2, 0.25) is 0 Å². The van der Waals surface area contributed by atoms with E-state index in [1.54, 1.807) is 6.20 Å². The molecule has 0 atom stereocenters. The van der Waals surface area contributed by atoms with Gasteiger partial charge in [0.25, 0.3) is 0 Å². The van der Waals surface area contributed by atoms with Crippen LogP contribution in [0.3, 0.4) is 0 Å². The summed E-state index contributed by atoms with van der Waals surface area (Å²) in [6, 6.07) is 40.2. The van der Waals surface area contributed by atoms with Crippen molar-refractivity contribution in [1.82, 2.24) is 15.0 Å². The van der Waals surface area contributed by atoms with Gasteiger partial charge in [0, 0.05) is 34.6 Å². The molecule has 1 aliphatic carbocycles. The Bertz CT molecular complexity index is 1740. The van der Waals surface area contributed by atoms with Crippen LogP contribution in [0.5, 0.6) is 0 Å². The standard InChI is InChI=1S/C37H27N3/c1-2-10-26(11-3-1)28-14-6-16-30(22-28)35-24-36(31-17-7-15-29(23-31)32-18-9-21-38-25-32)40-37(39-35)34-20-8-13-27-12-4-5-19-33(27)34/h1-4,6-18,20-25H,5,19H2. The van der Waals surface area contributed by atoms with Crippen molar-refractivity contribution in [3.63, 3.8) is 0 Å². The molecule has 6 aromatic rings. The maximum atomic E-state index is 5.18. The Hall–Kier alpha value is -5.15. The second-order valence-corrected chi connectivity index (χ2v) is 10.0. The van der Waals surface area contributed by atoms with Gasteiger partial charge in [-0.05, 0) is 64.9 Å². The topological polar surface area (TPSA) is 38.7 Å². The fourth-order valence-electron chi connectivity index (χ4n) is 5.43. The first-order valence-electron chi connectivity index (χ1n) is 13.7. The first-order chi connectivity index (χ1) is 19.8. The number of pyridine rings is 1. The predicted molar refractivity (Wildman–Crippen MR) is 164 cm³/mol. The van der Waals surface area contributed by atoms with Gasteiger partial charge in [-0.15, -0.1) is 0 Å². The number of hydrogen-bond acceptors (Lipinski definition) is 3. The van der Waals surface area contributed by atoms with Gasteiger partial charge in [-0.3, -0.25) is 4.98 Å². The van der Waals surface area contributed by atoms with Gasteiger partial charge in [-0.2, -0.15) is 0 Å². The van der Waals surface area contributed by atoms with Crippen LogP contribution in [-0.4, -0.2) is 15.0 Å². The quantitative estimate of drug-likeness (QED) is 0.231. The molecule has 0 amide bonds. The van der Waals surface area contributed by atoms with Crippen molar-refractivity contribution in [3.05, 3.63) is 145 Å². The molecule has 2 aromatic heterocycles. The number of fused-ring (bicyclic) bond motifs is 1. The van der Waals surface area contributed by atoms with Crippen molar-refractivity contribution < 1.29 is 0 Å². The van der Waals surface area contributed by atoms with E-state index in [0.717, 1.165) is 57.9 Å². The smallest absolute Gasteiger partial charge is 0.160 e. The van der Waals surface area contributed by atoms with Crippen molar-refractivity contribution in [2.75, 3.05) is 0 Å². The molecule has 1 aliphatic rings. The van der Waals surface area contributed by atoms with Gasteiger partial charge in [0.05, 0.1) is 11.4 Å². The fraction of sp³-hybridized carbons (Fsp3) is 0.0541. The maximum Gasteiger partial charge on any atom is 0.160 e. The normalized spacial score (nSPS) is 12.2. The molecular weight excluding hydrogens is 486 g/mol. The van der Waals surface area contributed by atoms with Crippen LogP contribution < -0.4 is 0 Å². The molecule has 0 aliphatic heterocycles. The fourth-order valence-corrected chi connectivity index (χ4v) is 5.43. The van der Waals surface area contributed by atoms with E-state index in [9.17, 15) is 0 Å². The van der Waals surface area contributed by atoms with Gasteiger partial charge >= 0.3 is 0 Å². The van der Waals surface area contributed by atoms with Gasteiger partial charge in [-0.25, -0.2) is 9.97 Å². The Morgan fingerprint density at radius 1 is 0.525 bits per heavy atom. The lowest BCUT2D eigenvalue weighted by Gasteiger charge is -2.16. The van der Waals surface area contributed by atoms with Crippen molar-refractivity contribution in [3.8, 4) is 56.2 Å². The SMILES string of the molecule is C1=Cc2cccc(-c3nc(-c4cccc(-c5ccccc5)c4)cc(-c4cccc(-c5cccnc5)c4)n3)c2CC1. The number of hydrogen-bond donors (Lipinski definition) is 0. The van der Waals surface area contributed by atoms with Crippen molar-refractivity contribution >= 4 is 6.08 Å². The summed E-state index contributed by atoms with van der Waals surface area (Å²) in [6.07, 6.45) is 10.2. The lowest BCUT2D eigenvalue weighted by atomic mass is 9.92. The van der Waals surface area contributed by atoms with E-state index in [1.165, 1.54) is 22.3 Å². The Balaban J connectivity index is 1.41. The van der Waals surface area contributed by atoms with E-state index >= 15 is 0 Å². The van der Waals surface area contributed by atoms with Gasteiger partial charge in [-0.1, -0.05) is 103 Å².